The molecule has 1 unspecified atom stereocenters. The fourth-order valence-electron chi connectivity index (χ4n) is 1.14. The Labute approximate surface area is 86.8 Å². The quantitative estimate of drug-likeness (QED) is 0.515. The summed E-state index contributed by atoms with van der Waals surface area (Å²) in [5.41, 5.74) is 5.41. The number of hydrogen-bond acceptors (Lipinski definition) is 5. The van der Waals surface area contributed by atoms with Crippen molar-refractivity contribution in [2.45, 2.75) is 5.37 Å². The number of esters is 1. The van der Waals surface area contributed by atoms with Crippen molar-refractivity contribution in [1.29, 1.82) is 0 Å². The molecule has 13 heavy (non-hydrogen) atoms. The molecule has 1 aliphatic rings. The molecule has 0 radical (unpaired) electrons. The lowest BCUT2D eigenvalue weighted by atomic mass is 10.4. The number of thioether (sulfide) groups is 1. The Kier molecular flexibility index (Phi) is 3.95. The lowest BCUT2D eigenvalue weighted by Crippen LogP contribution is -2.41. The first-order valence-electron chi connectivity index (χ1n) is 3.89. The van der Waals surface area contributed by atoms with Gasteiger partial charge in [0.2, 0.25) is 0 Å². The summed E-state index contributed by atoms with van der Waals surface area (Å²) in [6.45, 7) is 1.09. The molecule has 1 saturated heterocycles. The predicted octanol–water partition coefficient (Wildman–Crippen LogP) is -0.180. The minimum atomic E-state index is -0.291. The van der Waals surface area contributed by atoms with Gasteiger partial charge in [-0.05, 0) is 0 Å². The second kappa shape index (κ2) is 4.78. The highest BCUT2D eigenvalue weighted by Gasteiger charge is 2.33. The van der Waals surface area contributed by atoms with Crippen molar-refractivity contribution < 1.29 is 9.53 Å². The number of carbonyl (C=O) groups excluding carboxylic acids is 1. The van der Waals surface area contributed by atoms with Gasteiger partial charge < -0.3 is 15.4 Å². The molecule has 0 spiro atoms. The van der Waals surface area contributed by atoms with Crippen LogP contribution in [0.2, 0.25) is 0 Å². The average molecular weight is 220 g/mol. The Morgan fingerprint density at radius 3 is 3.08 bits per heavy atom. The number of rotatable bonds is 2. The molecule has 0 aliphatic carbocycles. The van der Waals surface area contributed by atoms with Crippen LogP contribution in [0.1, 0.15) is 0 Å². The van der Waals surface area contributed by atoms with Gasteiger partial charge in [0, 0.05) is 18.8 Å². The van der Waals surface area contributed by atoms with Gasteiger partial charge in [-0.25, -0.2) is 4.79 Å². The summed E-state index contributed by atoms with van der Waals surface area (Å²) in [4.78, 5) is 13.7. The number of nitrogens with zero attached hydrogens (tertiary/aromatic N) is 1. The van der Waals surface area contributed by atoms with Crippen molar-refractivity contribution in [3.63, 3.8) is 0 Å². The van der Waals surface area contributed by atoms with Gasteiger partial charge in [-0.3, -0.25) is 0 Å². The van der Waals surface area contributed by atoms with Crippen LogP contribution in [0.5, 0.6) is 0 Å². The van der Waals surface area contributed by atoms with E-state index in [0.29, 0.717) is 11.5 Å². The average Bonchev–Trinajstić information content (AvgIpc) is 2.63. The molecule has 74 valence electrons. The molecule has 1 heterocycles. The molecule has 1 fully saturated rings. The van der Waals surface area contributed by atoms with Crippen LogP contribution < -0.4 is 5.73 Å². The fraction of sp³-hybridized carbons (Fsp3) is 0.714. The van der Waals surface area contributed by atoms with Gasteiger partial charge in [-0.15, -0.1) is 11.8 Å². The maximum atomic E-state index is 11.3. The van der Waals surface area contributed by atoms with Gasteiger partial charge in [-0.1, -0.05) is 12.2 Å². The molecule has 1 atom stereocenters. The first-order valence-corrected chi connectivity index (χ1v) is 5.35. The molecular weight excluding hydrogens is 208 g/mol. The van der Waals surface area contributed by atoms with Crippen LogP contribution in [0.3, 0.4) is 0 Å². The minimum Gasteiger partial charge on any atom is -0.467 e. The van der Waals surface area contributed by atoms with E-state index in [0.717, 1.165) is 12.3 Å². The first-order chi connectivity index (χ1) is 6.20. The Balaban J connectivity index is 2.63. The Bertz CT molecular complexity index is 201. The monoisotopic (exact) mass is 220 g/mol. The Morgan fingerprint density at radius 1 is 1.85 bits per heavy atom. The van der Waals surface area contributed by atoms with Crippen molar-refractivity contribution in [3.8, 4) is 0 Å². The highest BCUT2D eigenvalue weighted by molar-refractivity contribution is 8.00. The maximum Gasteiger partial charge on any atom is 0.339 e. The number of methoxy groups -OCH3 is 1. The molecule has 0 aromatic carbocycles. The van der Waals surface area contributed by atoms with E-state index < -0.39 is 0 Å². The van der Waals surface area contributed by atoms with Gasteiger partial charge >= 0.3 is 5.97 Å². The molecule has 4 nitrogen and oxygen atoms in total. The second-order valence-electron chi connectivity index (χ2n) is 2.54. The minimum absolute atomic E-state index is 0.252. The Morgan fingerprint density at radius 2 is 2.54 bits per heavy atom. The SMILES string of the molecule is COC(=O)C1SCCN1C(=S)CN. The van der Waals surface area contributed by atoms with Crippen LogP contribution in [-0.4, -0.2) is 47.2 Å². The van der Waals surface area contributed by atoms with E-state index in [1.807, 2.05) is 4.90 Å². The van der Waals surface area contributed by atoms with E-state index in [1.54, 1.807) is 0 Å². The van der Waals surface area contributed by atoms with Crippen molar-refractivity contribution >= 4 is 34.9 Å². The lowest BCUT2D eigenvalue weighted by Gasteiger charge is -2.23. The van der Waals surface area contributed by atoms with Gasteiger partial charge in [0.15, 0.2) is 5.37 Å². The largest absolute Gasteiger partial charge is 0.467 e. The first kappa shape index (κ1) is 10.7. The highest BCUT2D eigenvalue weighted by atomic mass is 32.2. The summed E-state index contributed by atoms with van der Waals surface area (Å²) >= 11 is 6.57. The number of hydrogen-bond donors (Lipinski definition) is 1. The van der Waals surface area contributed by atoms with Gasteiger partial charge in [0.25, 0.3) is 0 Å². The van der Waals surface area contributed by atoms with Crippen molar-refractivity contribution in [2.75, 3.05) is 26.0 Å². The van der Waals surface area contributed by atoms with E-state index in [4.69, 9.17) is 18.0 Å². The molecule has 0 bridgehead atoms. The number of ether oxygens (including phenoxy) is 1. The molecule has 0 amide bonds. The second-order valence-corrected chi connectivity index (χ2v) is 4.20. The van der Waals surface area contributed by atoms with Crippen LogP contribution in [0, 0.1) is 0 Å². The van der Waals surface area contributed by atoms with Crippen LogP contribution in [0.15, 0.2) is 0 Å². The summed E-state index contributed by atoms with van der Waals surface area (Å²) in [7, 11) is 1.38. The fourth-order valence-corrected chi connectivity index (χ4v) is 2.57. The number of nitrogens with two attached hydrogens (primary N) is 1. The highest BCUT2D eigenvalue weighted by Crippen LogP contribution is 2.24. The van der Waals surface area contributed by atoms with E-state index in [2.05, 4.69) is 4.74 Å². The Hall–Kier alpha value is -0.330. The third-order valence-electron chi connectivity index (χ3n) is 1.79. The summed E-state index contributed by atoms with van der Waals surface area (Å²) in [6.07, 6.45) is 0. The zero-order valence-electron chi connectivity index (χ0n) is 7.36. The van der Waals surface area contributed by atoms with Gasteiger partial charge in [-0.2, -0.15) is 0 Å². The van der Waals surface area contributed by atoms with Crippen LogP contribution in [0.4, 0.5) is 0 Å². The van der Waals surface area contributed by atoms with E-state index in [1.165, 1.54) is 18.9 Å². The molecule has 0 aromatic heterocycles. The molecule has 1 aliphatic heterocycles. The van der Waals surface area contributed by atoms with Crippen molar-refractivity contribution in [2.24, 2.45) is 5.73 Å². The number of carbonyl (C=O) groups is 1. The van der Waals surface area contributed by atoms with E-state index in [-0.39, 0.29) is 11.3 Å². The molecule has 6 heteroatoms. The zero-order valence-corrected chi connectivity index (χ0v) is 8.99. The van der Waals surface area contributed by atoms with Crippen LogP contribution >= 0.6 is 24.0 Å². The van der Waals surface area contributed by atoms with E-state index in [9.17, 15) is 4.79 Å². The third-order valence-corrected chi connectivity index (χ3v) is 3.37. The molecule has 1 rings (SSSR count). The standard InChI is InChI=1S/C7H12N2O2S2/c1-11-7(10)6-9(2-3-13-6)5(12)4-8/h6H,2-4,8H2,1H3. The van der Waals surface area contributed by atoms with E-state index >= 15 is 0 Å². The third kappa shape index (κ3) is 2.32. The number of thiocarbonyl (C=S) groups is 1. The summed E-state index contributed by atoms with van der Waals surface area (Å²) in [5.74, 6) is 0.637. The van der Waals surface area contributed by atoms with Gasteiger partial charge in [0.1, 0.15) is 0 Å². The normalized spacial score (nSPS) is 21.7. The lowest BCUT2D eigenvalue weighted by molar-refractivity contribution is -0.142. The molecule has 2 N–H and O–H groups in total. The predicted molar refractivity (Wildman–Crippen MR) is 56.6 cm³/mol. The van der Waals surface area contributed by atoms with Crippen molar-refractivity contribution in [3.05, 3.63) is 0 Å². The molecular formula is C7H12N2O2S2. The molecule has 0 saturated carbocycles. The van der Waals surface area contributed by atoms with Gasteiger partial charge in [0.05, 0.1) is 12.1 Å². The van der Waals surface area contributed by atoms with Crippen molar-refractivity contribution in [1.82, 2.24) is 4.90 Å². The van der Waals surface area contributed by atoms with Crippen LogP contribution in [-0.2, 0) is 9.53 Å². The summed E-state index contributed by atoms with van der Waals surface area (Å²) < 4.78 is 4.66. The smallest absolute Gasteiger partial charge is 0.339 e. The molecule has 0 aromatic rings. The summed E-state index contributed by atoms with van der Waals surface area (Å²) in [6, 6.07) is 0. The maximum absolute atomic E-state index is 11.3. The van der Waals surface area contributed by atoms with Crippen LogP contribution in [0.25, 0.3) is 0 Å². The topological polar surface area (TPSA) is 55.6 Å². The summed E-state index contributed by atoms with van der Waals surface area (Å²) in [5, 5.41) is -0.291. The zero-order chi connectivity index (χ0) is 9.84.